The molecule has 0 aromatic rings. The zero-order valence-corrected chi connectivity index (χ0v) is 92.5. The summed E-state index contributed by atoms with van der Waals surface area (Å²) in [6, 6.07) is -5.70. The Morgan fingerprint density at radius 1 is 0.179 bits per heavy atom. The van der Waals surface area contributed by atoms with Crippen LogP contribution in [0.1, 0.15) is 258 Å². The average Bonchev–Trinajstić information content (AvgIpc) is 0.830. The van der Waals surface area contributed by atoms with Gasteiger partial charge in [-0.3, -0.25) is 86.3 Å². The highest BCUT2D eigenvalue weighted by atomic mass is 16.3. The molecule has 0 aromatic carbocycles. The molecule has 11 N–H and O–H groups in total. The van der Waals surface area contributed by atoms with Gasteiger partial charge in [0.2, 0.25) is 106 Å². The van der Waals surface area contributed by atoms with Gasteiger partial charge >= 0.3 is 0 Å². The number of carbonyl (C=O) groups is 18. The maximum Gasteiger partial charge on any atom is 0.242 e. The first kappa shape index (κ1) is 135. The predicted molar refractivity (Wildman–Crippen MR) is 546 cm³/mol. The van der Waals surface area contributed by atoms with Gasteiger partial charge in [0.05, 0.1) is 114 Å². The van der Waals surface area contributed by atoms with E-state index in [0.717, 1.165) is 45.6 Å². The number of hydrogen-bond donors (Lipinski definition) is 10. The summed E-state index contributed by atoms with van der Waals surface area (Å²) < 4.78 is 0. The van der Waals surface area contributed by atoms with Crippen molar-refractivity contribution in [2.75, 3.05) is 170 Å². The molecule has 0 aromatic heterocycles. The fraction of sp³-hybridized carbons (Fsp3) is 0.820. The Balaban J connectivity index is 7.45. The van der Waals surface area contributed by atoms with Crippen LogP contribution in [-0.4, -0.2) is 510 Å². The highest BCUT2D eigenvalue weighted by Gasteiger charge is 2.41. The number of aliphatic hydroxyl groups is 8. The van der Waals surface area contributed by atoms with E-state index in [1.54, 1.807) is 111 Å². The number of rotatable bonds is 72. The van der Waals surface area contributed by atoms with Crippen molar-refractivity contribution in [1.82, 2.24) is 88.6 Å². The van der Waals surface area contributed by atoms with Gasteiger partial charge in [-0.05, 0) is 189 Å². The van der Waals surface area contributed by atoms with E-state index in [1.165, 1.54) is 99.5 Å². The molecule has 0 bridgehead atoms. The minimum absolute atomic E-state index is 0.00528. The molecule has 18 atom stereocenters. The lowest BCUT2D eigenvalue weighted by molar-refractivity contribution is -0.152. The van der Waals surface area contributed by atoms with Gasteiger partial charge in [-0.15, -0.1) is 0 Å². The minimum Gasteiger partial charge on any atom is -0.392 e. The van der Waals surface area contributed by atoms with Crippen LogP contribution in [0.15, 0.2) is 0 Å². The first-order valence-corrected chi connectivity index (χ1v) is 51.9. The third-order valence-electron chi connectivity index (χ3n) is 26.3. The molecule has 0 saturated carbocycles. The summed E-state index contributed by atoms with van der Waals surface area (Å²) in [4.78, 5) is 279. The van der Waals surface area contributed by atoms with E-state index in [1.807, 2.05) is 27.7 Å². The SMILES string of the molecule is CCC(C)NCC(=O)N(CC(=O)N(CC(=O)N(CC(=O)N(CC(=O)N(CC(=O)N(CC(=O)N(CC(=O)N(CC(=O)N(CC(=O)N(CC(=O)N(CC(=O)N(CC(=O)N(CC(=O)N(CC(=O)N(CC(=O)N(CC(=O)N(CC(N)=O)C(C)CC)C(C)CC)CC(C)O)CC(C)O)C(C)CC)C(C)CC)CC(C)O)CC(C)O)C(C)CC)C(C)CC)CC(C)O)CC(C)O)C(C)CC)C(C)CC)CC(C)O)CC(C)O)C(C)CC. The largest absolute Gasteiger partial charge is 0.392 e. The van der Waals surface area contributed by atoms with Crippen molar-refractivity contribution in [3.8, 4) is 0 Å². The van der Waals surface area contributed by atoms with Crippen molar-refractivity contribution < 1.29 is 127 Å². The van der Waals surface area contributed by atoms with E-state index in [4.69, 9.17) is 5.73 Å². The molecule has 145 heavy (non-hydrogen) atoms. The second-order valence-electron chi connectivity index (χ2n) is 39.7. The van der Waals surface area contributed by atoms with Crippen molar-refractivity contribution in [3.05, 3.63) is 0 Å². The lowest BCUT2D eigenvalue weighted by Gasteiger charge is -2.37. The monoisotopic (exact) mass is 2070 g/mol. The van der Waals surface area contributed by atoms with Crippen LogP contribution >= 0.6 is 0 Å². The third-order valence-corrected chi connectivity index (χ3v) is 26.3. The Morgan fingerprint density at radius 2 is 0.297 bits per heavy atom. The summed E-state index contributed by atoms with van der Waals surface area (Å²) in [5, 5.41) is 89.6. The van der Waals surface area contributed by atoms with Gasteiger partial charge in [-0.25, -0.2) is 0 Å². The lowest BCUT2D eigenvalue weighted by Crippen LogP contribution is -2.57. The highest BCUT2D eigenvalue weighted by Crippen LogP contribution is 2.21. The normalized spacial score (nSPS) is 15.1. The van der Waals surface area contributed by atoms with Crippen LogP contribution in [0.2, 0.25) is 0 Å². The van der Waals surface area contributed by atoms with Crippen LogP contribution in [0.4, 0.5) is 0 Å². The summed E-state index contributed by atoms with van der Waals surface area (Å²) in [6.45, 7) is 30.3. The molecule has 0 heterocycles. The molecular weight excluding hydrogens is 1880 g/mol. The van der Waals surface area contributed by atoms with Gasteiger partial charge in [-0.2, -0.15) is 0 Å². The molecule has 0 rings (SSSR count). The van der Waals surface area contributed by atoms with Gasteiger partial charge in [0.25, 0.3) is 0 Å². The number of hydrogen-bond acceptors (Lipinski definition) is 27. The van der Waals surface area contributed by atoms with Crippen LogP contribution in [0.5, 0.6) is 0 Å². The van der Waals surface area contributed by atoms with Crippen LogP contribution in [0.25, 0.3) is 0 Å². The third kappa shape index (κ3) is 48.7. The first-order chi connectivity index (χ1) is 67.5. The molecule has 0 spiro atoms. The van der Waals surface area contributed by atoms with Gasteiger partial charge in [0.1, 0.15) is 52.4 Å². The molecule has 0 fully saturated rings. The van der Waals surface area contributed by atoms with Crippen molar-refractivity contribution in [2.24, 2.45) is 5.73 Å². The first-order valence-electron chi connectivity index (χ1n) is 51.9. The Bertz CT molecular complexity index is 4020. The second-order valence-corrected chi connectivity index (χ2v) is 39.7. The van der Waals surface area contributed by atoms with E-state index in [2.05, 4.69) is 5.32 Å². The molecule has 0 aliphatic heterocycles. The quantitative estimate of drug-likeness (QED) is 0.0356. The molecular formula is C100H185N19O26. The molecule has 0 saturated heterocycles. The number of aliphatic hydroxyl groups excluding tert-OH is 8. The second kappa shape index (κ2) is 68.6. The molecule has 45 nitrogen and oxygen atoms in total. The van der Waals surface area contributed by atoms with Crippen LogP contribution in [0, 0.1) is 0 Å². The molecule has 0 radical (unpaired) electrons. The number of carbonyl (C=O) groups excluding carboxylic acids is 18. The smallest absolute Gasteiger partial charge is 0.242 e. The molecule has 18 amide bonds. The van der Waals surface area contributed by atoms with E-state index in [-0.39, 0.29) is 69.6 Å². The summed E-state index contributed by atoms with van der Waals surface area (Å²) >= 11 is 0. The van der Waals surface area contributed by atoms with Gasteiger partial charge in [-0.1, -0.05) is 69.2 Å². The van der Waals surface area contributed by atoms with Crippen LogP contribution in [-0.2, 0) is 86.3 Å². The molecule has 45 heteroatoms. The van der Waals surface area contributed by atoms with E-state index in [0.29, 0.717) is 19.3 Å². The summed E-state index contributed by atoms with van der Waals surface area (Å²) in [5.74, 6) is -13.8. The maximum absolute atomic E-state index is 15.0. The zero-order chi connectivity index (χ0) is 112. The fourth-order valence-electron chi connectivity index (χ4n) is 15.7. The average molecular weight is 2070 g/mol. The van der Waals surface area contributed by atoms with Crippen LogP contribution in [0.3, 0.4) is 0 Å². The Labute approximate surface area is 861 Å². The Kier molecular flexibility index (Phi) is 63.9. The number of nitrogens with two attached hydrogens (primary N) is 1. The molecule has 0 aliphatic carbocycles. The van der Waals surface area contributed by atoms with Crippen molar-refractivity contribution in [2.45, 2.75) is 367 Å². The predicted octanol–water partition coefficient (Wildman–Crippen LogP) is -0.821. The lowest BCUT2D eigenvalue weighted by atomic mass is 10.1. The number of primary amides is 1. The molecule has 18 unspecified atom stereocenters. The topological polar surface area (TPSA) is 562 Å². The Morgan fingerprint density at radius 3 is 0.428 bits per heavy atom. The Hall–Kier alpha value is -9.90. The number of nitrogens with zero attached hydrogens (tertiary/aromatic N) is 17. The maximum atomic E-state index is 15.0. The number of amides is 18. The summed E-state index contributed by atoms with van der Waals surface area (Å²) in [5.41, 5.74) is 5.49. The highest BCUT2D eigenvalue weighted by molar-refractivity contribution is 5.97. The van der Waals surface area contributed by atoms with E-state index < -0.39 is 355 Å². The van der Waals surface area contributed by atoms with Crippen LogP contribution < -0.4 is 11.1 Å². The fourth-order valence-corrected chi connectivity index (χ4v) is 15.7. The zero-order valence-electron chi connectivity index (χ0n) is 92.5. The minimum atomic E-state index is -1.31. The van der Waals surface area contributed by atoms with Crippen molar-refractivity contribution >= 4 is 106 Å². The molecule has 836 valence electrons. The summed E-state index contributed by atoms with van der Waals surface area (Å²) in [7, 11) is 0. The van der Waals surface area contributed by atoms with Gasteiger partial charge < -0.3 is 135 Å². The summed E-state index contributed by atoms with van der Waals surface area (Å²) in [6.07, 6.45) is -6.43. The van der Waals surface area contributed by atoms with Crippen molar-refractivity contribution in [3.63, 3.8) is 0 Å². The van der Waals surface area contributed by atoms with Gasteiger partial charge in [0.15, 0.2) is 0 Å². The molecule has 0 aliphatic rings. The standard InChI is InChI=1S/C100H185N19O26/c1-29-65(11)102-39-84(129)112(67(13)31-3)57-89(134)103(40-75(21)120)49-85(130)108(45-80(26)125)54-94(139)117(72(18)36-8)62-98(143)114(69(15)33-5)59-91(136)105(42-77(23)122)51-87(132)110(47-82(28)127)56-96(141)119(74(20)38-10)64-100(145)115(70(16)34-6)60-92(137)106(43-78(24)123)52-88(133)109(46-81(27)126)55-95(140)118(73(19)37-9)63-99(144)113(68(14)32-4)58-90(135)104(41-76(22)121)50-86(131)107(44-79(25)124)53-93(138)116(71(17)35-7)61-97(142)111(48-83(101)128)66(12)30-2/h65-82,102,120-127H,29-64H2,1-28H3,(H2,101,128). The van der Waals surface area contributed by atoms with Crippen molar-refractivity contribution in [1.29, 1.82) is 0 Å². The van der Waals surface area contributed by atoms with E-state index in [9.17, 15) is 122 Å². The van der Waals surface area contributed by atoms with E-state index >= 15 is 4.79 Å². The number of nitrogens with one attached hydrogen (secondary N) is 1. The van der Waals surface area contributed by atoms with Gasteiger partial charge in [0, 0.05) is 113 Å².